The highest BCUT2D eigenvalue weighted by molar-refractivity contribution is 7.94. The maximum atomic E-state index is 11.1. The summed E-state index contributed by atoms with van der Waals surface area (Å²) < 4.78 is 10.6. The number of hydrogen-bond donors (Lipinski definition) is 2. The van der Waals surface area contributed by atoms with Gasteiger partial charge in [0.25, 0.3) is 0 Å². The molecule has 0 aliphatic heterocycles. The fraction of sp³-hybridized carbons (Fsp3) is 0.350. The molecule has 0 spiro atoms. The second kappa shape index (κ2) is 10.7. The van der Waals surface area contributed by atoms with Crippen molar-refractivity contribution in [2.45, 2.75) is 25.9 Å². The Kier molecular flexibility index (Phi) is 8.31. The van der Waals surface area contributed by atoms with E-state index >= 15 is 0 Å². The van der Waals surface area contributed by atoms with Crippen LogP contribution in [0.2, 0.25) is 0 Å². The molecule has 0 heterocycles. The predicted molar refractivity (Wildman–Crippen MR) is 106 cm³/mol. The monoisotopic (exact) mass is 375 g/mol. The van der Waals surface area contributed by atoms with Gasteiger partial charge in [0.15, 0.2) is 6.10 Å². The molecule has 2 rings (SSSR count). The number of carboxylic acids is 1. The van der Waals surface area contributed by atoms with Crippen molar-refractivity contribution in [2.24, 2.45) is 0 Å². The lowest BCUT2D eigenvalue weighted by atomic mass is 10.1. The quantitative estimate of drug-likeness (QED) is 0.578. The molecule has 0 aliphatic carbocycles. The van der Waals surface area contributed by atoms with E-state index in [1.54, 1.807) is 6.92 Å². The van der Waals surface area contributed by atoms with Crippen molar-refractivity contribution in [2.75, 3.05) is 24.7 Å². The van der Waals surface area contributed by atoms with E-state index in [4.69, 9.17) is 14.0 Å². The van der Waals surface area contributed by atoms with Crippen molar-refractivity contribution in [3.8, 4) is 5.75 Å². The van der Waals surface area contributed by atoms with Crippen molar-refractivity contribution in [3.05, 3.63) is 59.7 Å². The van der Waals surface area contributed by atoms with Crippen LogP contribution in [0.15, 0.2) is 48.5 Å². The van der Waals surface area contributed by atoms with Crippen LogP contribution >= 0.6 is 12.0 Å². The molecule has 2 N–H and O–H groups in total. The normalized spacial score (nSPS) is 11.8. The third kappa shape index (κ3) is 6.61. The molecule has 0 bridgehead atoms. The molecule has 1 unspecified atom stereocenters. The lowest BCUT2D eigenvalue weighted by Gasteiger charge is -2.13. The number of nitrogens with one attached hydrogen (secondary N) is 1. The van der Waals surface area contributed by atoms with Gasteiger partial charge in [-0.2, -0.15) is 0 Å². The van der Waals surface area contributed by atoms with Crippen LogP contribution in [0.25, 0.3) is 0 Å². The lowest BCUT2D eigenvalue weighted by molar-refractivity contribution is -0.149. The van der Waals surface area contributed by atoms with Gasteiger partial charge in [-0.15, -0.1) is 0 Å². The van der Waals surface area contributed by atoms with Crippen LogP contribution in [-0.4, -0.2) is 36.6 Å². The first-order chi connectivity index (χ1) is 12.6. The van der Waals surface area contributed by atoms with E-state index in [9.17, 15) is 4.79 Å². The standard InChI is InChI=1S/C20H25NO4S/c1-3-24-19(20(22)23)14-16-4-8-17(9-5-16)21-13-12-15-6-10-18(11-7-15)25-26-2/h4-11,19,21H,3,12-14H2,1-2H3,(H,22,23). The molecule has 0 aromatic heterocycles. The van der Waals surface area contributed by atoms with Crippen molar-refractivity contribution in [3.63, 3.8) is 0 Å². The fourth-order valence-electron chi connectivity index (χ4n) is 2.55. The summed E-state index contributed by atoms with van der Waals surface area (Å²) in [7, 11) is 0. The lowest BCUT2D eigenvalue weighted by Crippen LogP contribution is -2.26. The summed E-state index contributed by atoms with van der Waals surface area (Å²) >= 11 is 1.33. The number of carboxylic acid groups (broad SMARTS) is 1. The molecule has 2 aromatic carbocycles. The largest absolute Gasteiger partial charge is 0.479 e. The molecule has 0 saturated heterocycles. The highest BCUT2D eigenvalue weighted by Crippen LogP contribution is 2.17. The van der Waals surface area contributed by atoms with Gasteiger partial charge < -0.3 is 19.3 Å². The van der Waals surface area contributed by atoms with E-state index in [0.29, 0.717) is 13.0 Å². The highest BCUT2D eigenvalue weighted by Gasteiger charge is 2.17. The molecule has 0 radical (unpaired) electrons. The zero-order valence-corrected chi connectivity index (χ0v) is 15.9. The summed E-state index contributed by atoms with van der Waals surface area (Å²) in [5, 5.41) is 12.5. The zero-order chi connectivity index (χ0) is 18.8. The topological polar surface area (TPSA) is 67.8 Å². The van der Waals surface area contributed by atoms with Crippen molar-refractivity contribution in [1.29, 1.82) is 0 Å². The number of ether oxygens (including phenoxy) is 1. The van der Waals surface area contributed by atoms with Crippen molar-refractivity contribution < 1.29 is 18.8 Å². The van der Waals surface area contributed by atoms with E-state index in [1.165, 1.54) is 17.6 Å². The van der Waals surface area contributed by atoms with Crippen LogP contribution < -0.4 is 9.50 Å². The Balaban J connectivity index is 1.80. The molecule has 2 aromatic rings. The summed E-state index contributed by atoms with van der Waals surface area (Å²) in [4.78, 5) is 11.1. The Morgan fingerprint density at radius 1 is 1.12 bits per heavy atom. The highest BCUT2D eigenvalue weighted by atomic mass is 32.2. The smallest absolute Gasteiger partial charge is 0.333 e. The molecule has 0 amide bonds. The minimum absolute atomic E-state index is 0.369. The number of hydrogen-bond acceptors (Lipinski definition) is 5. The molecule has 0 fully saturated rings. The number of aliphatic carboxylic acids is 1. The first-order valence-corrected chi connectivity index (χ1v) is 9.74. The van der Waals surface area contributed by atoms with E-state index in [1.807, 2.05) is 42.7 Å². The van der Waals surface area contributed by atoms with Gasteiger partial charge in [-0.25, -0.2) is 4.79 Å². The van der Waals surface area contributed by atoms with E-state index in [0.717, 1.165) is 30.0 Å². The number of anilines is 1. The third-order valence-electron chi connectivity index (χ3n) is 3.86. The van der Waals surface area contributed by atoms with Gasteiger partial charge in [0.2, 0.25) is 0 Å². The number of benzene rings is 2. The minimum atomic E-state index is -0.928. The average Bonchev–Trinajstić information content (AvgIpc) is 2.64. The van der Waals surface area contributed by atoms with E-state index in [2.05, 4.69) is 17.4 Å². The maximum absolute atomic E-state index is 11.1. The van der Waals surface area contributed by atoms with Gasteiger partial charge in [-0.05, 0) is 48.7 Å². The van der Waals surface area contributed by atoms with Crippen LogP contribution in [0.3, 0.4) is 0 Å². The van der Waals surface area contributed by atoms with Crippen LogP contribution in [-0.2, 0) is 22.4 Å². The Morgan fingerprint density at radius 3 is 2.35 bits per heavy atom. The maximum Gasteiger partial charge on any atom is 0.333 e. The Bertz CT molecular complexity index is 673. The zero-order valence-electron chi connectivity index (χ0n) is 15.1. The molecule has 6 heteroatoms. The molecular formula is C20H25NO4S. The van der Waals surface area contributed by atoms with Gasteiger partial charge in [0, 0.05) is 31.5 Å². The average molecular weight is 375 g/mol. The second-order valence-electron chi connectivity index (χ2n) is 5.75. The summed E-state index contributed by atoms with van der Waals surface area (Å²) in [6.45, 7) is 3.01. The molecule has 140 valence electrons. The van der Waals surface area contributed by atoms with Crippen LogP contribution in [0.5, 0.6) is 5.75 Å². The Hall–Kier alpha value is -2.18. The van der Waals surface area contributed by atoms with E-state index < -0.39 is 12.1 Å². The van der Waals surface area contributed by atoms with E-state index in [-0.39, 0.29) is 0 Å². The van der Waals surface area contributed by atoms with Gasteiger partial charge in [0.05, 0.1) is 12.0 Å². The van der Waals surface area contributed by atoms with Gasteiger partial charge in [-0.3, -0.25) is 0 Å². The van der Waals surface area contributed by atoms with Crippen molar-refractivity contribution >= 4 is 23.7 Å². The molecule has 26 heavy (non-hydrogen) atoms. The SMILES string of the molecule is CCOC(Cc1ccc(NCCc2ccc(OSC)cc2)cc1)C(=O)O. The fourth-order valence-corrected chi connectivity index (χ4v) is 2.85. The first-order valence-electron chi connectivity index (χ1n) is 8.59. The Morgan fingerprint density at radius 2 is 1.77 bits per heavy atom. The number of rotatable bonds is 11. The van der Waals surface area contributed by atoms with Gasteiger partial charge in [0.1, 0.15) is 5.75 Å². The van der Waals surface area contributed by atoms with Crippen LogP contribution in [0.1, 0.15) is 18.1 Å². The second-order valence-corrected chi connectivity index (χ2v) is 6.25. The number of carbonyl (C=O) groups is 1. The summed E-state index contributed by atoms with van der Waals surface area (Å²) in [5.74, 6) is -0.0699. The summed E-state index contributed by atoms with van der Waals surface area (Å²) in [6, 6.07) is 15.9. The molecule has 5 nitrogen and oxygen atoms in total. The van der Waals surface area contributed by atoms with Crippen molar-refractivity contribution in [1.82, 2.24) is 0 Å². The minimum Gasteiger partial charge on any atom is -0.479 e. The molecule has 1 atom stereocenters. The molecule has 0 saturated carbocycles. The third-order valence-corrected chi connectivity index (χ3v) is 4.22. The summed E-state index contributed by atoms with van der Waals surface area (Å²) in [5.41, 5.74) is 3.20. The first kappa shape index (κ1) is 20.1. The Labute approximate surface area is 158 Å². The van der Waals surface area contributed by atoms with Gasteiger partial charge in [-0.1, -0.05) is 24.3 Å². The summed E-state index contributed by atoms with van der Waals surface area (Å²) in [6.07, 6.45) is 2.37. The van der Waals surface area contributed by atoms with Crippen LogP contribution in [0.4, 0.5) is 5.69 Å². The predicted octanol–water partition coefficient (Wildman–Crippen LogP) is 4.03. The molecule has 0 aliphatic rings. The van der Waals surface area contributed by atoms with Gasteiger partial charge >= 0.3 is 5.97 Å². The van der Waals surface area contributed by atoms with Crippen LogP contribution in [0, 0.1) is 0 Å². The molecular weight excluding hydrogens is 350 g/mol.